The third-order valence-electron chi connectivity index (χ3n) is 2.42. The van der Waals surface area contributed by atoms with Gasteiger partial charge in [0.2, 0.25) is 0 Å². The van der Waals surface area contributed by atoms with Crippen molar-refractivity contribution >= 4 is 0 Å². The summed E-state index contributed by atoms with van der Waals surface area (Å²) in [5.74, 6) is 1.49. The molecule has 0 aliphatic carbocycles. The number of aromatic nitrogens is 1. The second kappa shape index (κ2) is 8.25. The van der Waals surface area contributed by atoms with Crippen LogP contribution in [-0.4, -0.2) is 18.3 Å². The summed E-state index contributed by atoms with van der Waals surface area (Å²) in [6, 6.07) is 1.96. The molecule has 0 unspecified atom stereocenters. The van der Waals surface area contributed by atoms with Crippen molar-refractivity contribution in [3.05, 3.63) is 17.5 Å². The fourth-order valence-corrected chi connectivity index (χ4v) is 1.39. The standard InChI is InChI=1S/C13H24N2O2/c1-4-6-14-9-12-8-13(17-15-12)10-16-7-5-11(2)3/h8,11,14H,4-7,9-10H2,1-3H3. The molecular formula is C13H24N2O2. The van der Waals surface area contributed by atoms with E-state index in [0.29, 0.717) is 12.5 Å². The Morgan fingerprint density at radius 1 is 1.47 bits per heavy atom. The van der Waals surface area contributed by atoms with Gasteiger partial charge in [-0.1, -0.05) is 25.9 Å². The predicted octanol–water partition coefficient (Wildman–Crippen LogP) is 2.74. The summed E-state index contributed by atoms with van der Waals surface area (Å²) in [6.45, 7) is 9.60. The molecule has 0 amide bonds. The zero-order chi connectivity index (χ0) is 12.5. The maximum atomic E-state index is 5.52. The number of hydrogen-bond acceptors (Lipinski definition) is 4. The van der Waals surface area contributed by atoms with Crippen molar-refractivity contribution in [2.45, 2.75) is 46.8 Å². The fraction of sp³-hybridized carbons (Fsp3) is 0.769. The molecule has 0 aliphatic rings. The van der Waals surface area contributed by atoms with Gasteiger partial charge in [0.05, 0.1) is 5.69 Å². The first-order valence-electron chi connectivity index (χ1n) is 6.45. The van der Waals surface area contributed by atoms with Crippen LogP contribution in [0.1, 0.15) is 45.1 Å². The average Bonchev–Trinajstić information content (AvgIpc) is 2.73. The van der Waals surface area contributed by atoms with E-state index in [1.807, 2.05) is 6.07 Å². The highest BCUT2D eigenvalue weighted by molar-refractivity contribution is 5.04. The van der Waals surface area contributed by atoms with Gasteiger partial charge in [-0.15, -0.1) is 0 Å². The maximum absolute atomic E-state index is 5.52. The molecule has 0 aliphatic heterocycles. The van der Waals surface area contributed by atoms with E-state index in [4.69, 9.17) is 9.26 Å². The first-order valence-corrected chi connectivity index (χ1v) is 6.45. The number of ether oxygens (including phenoxy) is 1. The van der Waals surface area contributed by atoms with Crippen molar-refractivity contribution in [3.8, 4) is 0 Å². The quantitative estimate of drug-likeness (QED) is 0.674. The molecule has 1 rings (SSSR count). The van der Waals surface area contributed by atoms with Crippen molar-refractivity contribution in [3.63, 3.8) is 0 Å². The Bertz CT molecular complexity index is 297. The zero-order valence-electron chi connectivity index (χ0n) is 11.2. The van der Waals surface area contributed by atoms with Crippen molar-refractivity contribution in [1.29, 1.82) is 0 Å². The smallest absolute Gasteiger partial charge is 0.162 e. The highest BCUT2D eigenvalue weighted by Crippen LogP contribution is 2.06. The van der Waals surface area contributed by atoms with E-state index in [9.17, 15) is 0 Å². The maximum Gasteiger partial charge on any atom is 0.162 e. The summed E-state index contributed by atoms with van der Waals surface area (Å²) >= 11 is 0. The lowest BCUT2D eigenvalue weighted by Crippen LogP contribution is -2.13. The molecule has 0 saturated carbocycles. The molecule has 0 atom stereocenters. The van der Waals surface area contributed by atoms with Gasteiger partial charge >= 0.3 is 0 Å². The van der Waals surface area contributed by atoms with Gasteiger partial charge in [-0.2, -0.15) is 0 Å². The van der Waals surface area contributed by atoms with Crippen LogP contribution in [0.5, 0.6) is 0 Å². The normalized spacial score (nSPS) is 11.3. The van der Waals surface area contributed by atoms with Crippen molar-refractivity contribution in [2.75, 3.05) is 13.2 Å². The second-order valence-electron chi connectivity index (χ2n) is 4.70. The van der Waals surface area contributed by atoms with Crippen molar-refractivity contribution < 1.29 is 9.26 Å². The third kappa shape index (κ3) is 6.44. The Morgan fingerprint density at radius 3 is 3.00 bits per heavy atom. The fourth-order valence-electron chi connectivity index (χ4n) is 1.39. The van der Waals surface area contributed by atoms with Crippen LogP contribution in [0.2, 0.25) is 0 Å². The molecule has 0 bridgehead atoms. The number of nitrogens with one attached hydrogen (secondary N) is 1. The van der Waals surface area contributed by atoms with Gasteiger partial charge in [0.15, 0.2) is 5.76 Å². The number of hydrogen-bond donors (Lipinski definition) is 1. The molecule has 0 radical (unpaired) electrons. The Kier molecular flexibility index (Phi) is 6.89. The lowest BCUT2D eigenvalue weighted by Gasteiger charge is -2.03. The topological polar surface area (TPSA) is 47.3 Å². The Balaban J connectivity index is 2.16. The minimum absolute atomic E-state index is 0.521. The molecule has 0 saturated heterocycles. The van der Waals surface area contributed by atoms with Gasteiger partial charge in [0.25, 0.3) is 0 Å². The molecule has 98 valence electrons. The van der Waals surface area contributed by atoms with E-state index in [-0.39, 0.29) is 0 Å². The van der Waals surface area contributed by atoms with Gasteiger partial charge in [0.1, 0.15) is 6.61 Å². The van der Waals surface area contributed by atoms with Crippen LogP contribution in [0.3, 0.4) is 0 Å². The summed E-state index contributed by atoms with van der Waals surface area (Å²) in [6.07, 6.45) is 2.21. The van der Waals surface area contributed by atoms with Crippen LogP contribution in [0.15, 0.2) is 10.6 Å². The van der Waals surface area contributed by atoms with Gasteiger partial charge < -0.3 is 14.6 Å². The van der Waals surface area contributed by atoms with Crippen molar-refractivity contribution in [1.82, 2.24) is 10.5 Å². The average molecular weight is 240 g/mol. The molecule has 17 heavy (non-hydrogen) atoms. The first-order chi connectivity index (χ1) is 8.22. The van der Waals surface area contributed by atoms with Gasteiger partial charge in [-0.3, -0.25) is 0 Å². The molecule has 1 aromatic rings. The first kappa shape index (κ1) is 14.2. The predicted molar refractivity (Wildman–Crippen MR) is 67.6 cm³/mol. The lowest BCUT2D eigenvalue weighted by atomic mass is 10.1. The summed E-state index contributed by atoms with van der Waals surface area (Å²) in [5, 5.41) is 7.27. The van der Waals surface area contributed by atoms with Gasteiger partial charge in [-0.25, -0.2) is 0 Å². The third-order valence-corrected chi connectivity index (χ3v) is 2.42. The van der Waals surface area contributed by atoms with E-state index in [2.05, 4.69) is 31.2 Å². The molecular weight excluding hydrogens is 216 g/mol. The monoisotopic (exact) mass is 240 g/mol. The van der Waals surface area contributed by atoms with Crippen LogP contribution >= 0.6 is 0 Å². The van der Waals surface area contributed by atoms with Gasteiger partial charge in [-0.05, 0) is 25.3 Å². The molecule has 0 aromatic carbocycles. The van der Waals surface area contributed by atoms with Crippen molar-refractivity contribution in [2.24, 2.45) is 5.92 Å². The molecule has 4 nitrogen and oxygen atoms in total. The molecule has 1 heterocycles. The molecule has 4 heteroatoms. The highest BCUT2D eigenvalue weighted by atomic mass is 16.5. The number of nitrogens with zero attached hydrogens (tertiary/aromatic N) is 1. The van der Waals surface area contributed by atoms with E-state index in [1.54, 1.807) is 0 Å². The lowest BCUT2D eigenvalue weighted by molar-refractivity contribution is 0.0924. The summed E-state index contributed by atoms with van der Waals surface area (Å²) in [5.41, 5.74) is 0.945. The van der Waals surface area contributed by atoms with Crippen LogP contribution in [0, 0.1) is 5.92 Å². The summed E-state index contributed by atoms with van der Waals surface area (Å²) in [4.78, 5) is 0. The second-order valence-corrected chi connectivity index (χ2v) is 4.70. The molecule has 1 aromatic heterocycles. The van der Waals surface area contributed by atoms with E-state index < -0.39 is 0 Å². The largest absolute Gasteiger partial charge is 0.373 e. The van der Waals surface area contributed by atoms with E-state index in [0.717, 1.165) is 44.0 Å². The SMILES string of the molecule is CCCNCc1cc(COCCC(C)C)on1. The van der Waals surface area contributed by atoms with E-state index in [1.165, 1.54) is 0 Å². The Labute approximate surface area is 104 Å². The van der Waals surface area contributed by atoms with E-state index >= 15 is 0 Å². The van der Waals surface area contributed by atoms with Gasteiger partial charge in [0, 0.05) is 19.2 Å². The van der Waals surface area contributed by atoms with Crippen LogP contribution in [-0.2, 0) is 17.9 Å². The highest BCUT2D eigenvalue weighted by Gasteiger charge is 2.04. The van der Waals surface area contributed by atoms with Crippen LogP contribution in [0.25, 0.3) is 0 Å². The van der Waals surface area contributed by atoms with Crippen LogP contribution in [0.4, 0.5) is 0 Å². The molecule has 0 spiro atoms. The Hall–Kier alpha value is -0.870. The minimum Gasteiger partial charge on any atom is -0.373 e. The minimum atomic E-state index is 0.521. The van der Waals surface area contributed by atoms with Crippen LogP contribution < -0.4 is 5.32 Å². The molecule has 0 fully saturated rings. The zero-order valence-corrected chi connectivity index (χ0v) is 11.2. The number of rotatable bonds is 9. The summed E-state index contributed by atoms with van der Waals surface area (Å²) in [7, 11) is 0. The molecule has 1 N–H and O–H groups in total. The Morgan fingerprint density at radius 2 is 2.29 bits per heavy atom. The summed E-state index contributed by atoms with van der Waals surface area (Å²) < 4.78 is 10.7.